The normalized spacial score (nSPS) is 17.6. The highest BCUT2D eigenvalue weighted by molar-refractivity contribution is 9.10. The molecule has 0 spiro atoms. The van der Waals surface area contributed by atoms with Gasteiger partial charge in [0.25, 0.3) is 0 Å². The first-order valence-electron chi connectivity index (χ1n) is 12.2. The van der Waals surface area contributed by atoms with Crippen LogP contribution in [-0.4, -0.2) is 54.8 Å². The van der Waals surface area contributed by atoms with Crippen molar-refractivity contribution < 1.29 is 19.1 Å². The zero-order valence-corrected chi connectivity index (χ0v) is 22.6. The summed E-state index contributed by atoms with van der Waals surface area (Å²) in [5, 5.41) is 6.35. The molecule has 9 heteroatoms. The maximum Gasteiger partial charge on any atom is 0.338 e. The van der Waals surface area contributed by atoms with Crippen LogP contribution < -0.4 is 15.5 Å². The Morgan fingerprint density at radius 3 is 2.67 bits per heavy atom. The van der Waals surface area contributed by atoms with Crippen LogP contribution in [0.1, 0.15) is 50.4 Å². The lowest BCUT2D eigenvalue weighted by Crippen LogP contribution is -2.33. The van der Waals surface area contributed by atoms with Crippen LogP contribution in [0.3, 0.4) is 0 Å². The van der Waals surface area contributed by atoms with Gasteiger partial charge in [0.15, 0.2) is 0 Å². The van der Waals surface area contributed by atoms with Crippen molar-refractivity contribution in [2.45, 2.75) is 51.7 Å². The van der Waals surface area contributed by atoms with Gasteiger partial charge in [-0.1, -0.05) is 17.7 Å². The van der Waals surface area contributed by atoms with E-state index >= 15 is 0 Å². The summed E-state index contributed by atoms with van der Waals surface area (Å²) in [5.74, 6) is 0.420. The van der Waals surface area contributed by atoms with Crippen molar-refractivity contribution in [1.82, 2.24) is 4.98 Å². The molecule has 1 aromatic heterocycles. The van der Waals surface area contributed by atoms with Crippen LogP contribution in [0.4, 0.5) is 17.2 Å². The van der Waals surface area contributed by atoms with E-state index in [0.29, 0.717) is 36.4 Å². The van der Waals surface area contributed by atoms with Crippen molar-refractivity contribution >= 4 is 45.0 Å². The molecule has 1 aromatic carbocycles. The van der Waals surface area contributed by atoms with E-state index in [4.69, 9.17) is 9.47 Å². The third kappa shape index (κ3) is 7.30. The number of nitrogens with zero attached hydrogens (tertiary/aromatic N) is 2. The molecule has 0 bridgehead atoms. The smallest absolute Gasteiger partial charge is 0.338 e. The Balaban J connectivity index is 1.40. The lowest BCUT2D eigenvalue weighted by atomic mass is 10.0. The monoisotopic (exact) mass is 556 g/mol. The Bertz CT molecular complexity index is 1140. The molecule has 2 aliphatic heterocycles. The molecule has 0 saturated carbocycles. The zero-order chi connectivity index (χ0) is 25.7. The first-order valence-corrected chi connectivity index (χ1v) is 13.0. The van der Waals surface area contributed by atoms with Gasteiger partial charge < -0.3 is 25.0 Å². The fourth-order valence-corrected chi connectivity index (χ4v) is 4.32. The topological polar surface area (TPSA) is 92.8 Å². The van der Waals surface area contributed by atoms with E-state index in [-0.39, 0.29) is 12.0 Å². The SMILES string of the molecule is CC(C)(C)OC(=O)c1ccc(NC(=O)CC2=CCN(c3cccc(Br)n3)CC2)c(NC[C@@H]2CCO2)c1. The quantitative estimate of drug-likeness (QED) is 0.263. The third-order valence-corrected chi connectivity index (χ3v) is 6.40. The predicted molar refractivity (Wildman–Crippen MR) is 145 cm³/mol. The second kappa shape index (κ2) is 11.4. The van der Waals surface area contributed by atoms with E-state index in [1.165, 1.54) is 0 Å². The van der Waals surface area contributed by atoms with Gasteiger partial charge in [0, 0.05) is 32.7 Å². The summed E-state index contributed by atoms with van der Waals surface area (Å²) in [5.41, 5.74) is 2.24. The molecule has 1 saturated heterocycles. The minimum Gasteiger partial charge on any atom is -0.456 e. The molecule has 3 heterocycles. The number of rotatable bonds is 8. The largest absolute Gasteiger partial charge is 0.456 e. The summed E-state index contributed by atoms with van der Waals surface area (Å²) in [6, 6.07) is 11.0. The standard InChI is InChI=1S/C27H33BrN4O4/c1-27(2,3)36-26(34)19-7-8-21(22(16-19)29-17-20-11-14-35-20)30-25(33)15-18-9-12-32(13-10-18)24-6-4-5-23(28)31-24/h4-9,16,20,29H,10-15,17H2,1-3H3,(H,30,33)/t20-/m0/s1. The van der Waals surface area contributed by atoms with Crippen LogP contribution >= 0.6 is 15.9 Å². The number of esters is 1. The highest BCUT2D eigenvalue weighted by atomic mass is 79.9. The first kappa shape index (κ1) is 26.2. The van der Waals surface area contributed by atoms with E-state index in [1.807, 2.05) is 39.0 Å². The van der Waals surface area contributed by atoms with E-state index in [9.17, 15) is 9.59 Å². The molecule has 36 heavy (non-hydrogen) atoms. The van der Waals surface area contributed by atoms with Crippen molar-refractivity contribution in [1.29, 1.82) is 0 Å². The van der Waals surface area contributed by atoms with Gasteiger partial charge in [0.2, 0.25) is 5.91 Å². The molecule has 192 valence electrons. The summed E-state index contributed by atoms with van der Waals surface area (Å²) in [6.45, 7) is 8.39. The van der Waals surface area contributed by atoms with Gasteiger partial charge in [-0.3, -0.25) is 4.79 Å². The van der Waals surface area contributed by atoms with Crippen molar-refractivity contribution in [2.75, 3.05) is 41.8 Å². The number of anilines is 3. The van der Waals surface area contributed by atoms with E-state index < -0.39 is 11.6 Å². The Morgan fingerprint density at radius 2 is 2.03 bits per heavy atom. The van der Waals surface area contributed by atoms with Crippen LogP contribution in [0.5, 0.6) is 0 Å². The minimum absolute atomic E-state index is 0.0942. The lowest BCUT2D eigenvalue weighted by molar-refractivity contribution is -0.115. The molecule has 0 aliphatic carbocycles. The number of hydrogen-bond acceptors (Lipinski definition) is 7. The van der Waals surface area contributed by atoms with Gasteiger partial charge in [-0.2, -0.15) is 0 Å². The van der Waals surface area contributed by atoms with E-state index in [2.05, 4.69) is 42.5 Å². The van der Waals surface area contributed by atoms with Crippen LogP contribution in [0.15, 0.2) is 52.7 Å². The average molecular weight is 557 g/mol. The van der Waals surface area contributed by atoms with Crippen molar-refractivity contribution in [3.05, 3.63) is 58.2 Å². The zero-order valence-electron chi connectivity index (χ0n) is 21.0. The Kier molecular flexibility index (Phi) is 8.31. The summed E-state index contributed by atoms with van der Waals surface area (Å²) >= 11 is 3.42. The minimum atomic E-state index is -0.590. The highest BCUT2D eigenvalue weighted by Gasteiger charge is 2.22. The van der Waals surface area contributed by atoms with Crippen molar-refractivity contribution in [2.24, 2.45) is 0 Å². The number of carbonyl (C=O) groups is 2. The van der Waals surface area contributed by atoms with Crippen LogP contribution in [0.25, 0.3) is 0 Å². The molecule has 1 fully saturated rings. The molecule has 0 unspecified atom stereocenters. The van der Waals surface area contributed by atoms with Gasteiger partial charge >= 0.3 is 5.97 Å². The van der Waals surface area contributed by atoms with Crippen molar-refractivity contribution in [3.63, 3.8) is 0 Å². The van der Waals surface area contributed by atoms with Crippen LogP contribution in [0.2, 0.25) is 0 Å². The van der Waals surface area contributed by atoms with Gasteiger partial charge in [-0.05, 0) is 79.9 Å². The fourth-order valence-electron chi connectivity index (χ4n) is 3.99. The second-order valence-corrected chi connectivity index (χ2v) is 10.8. The Labute approximate surface area is 220 Å². The first-order chi connectivity index (χ1) is 17.2. The number of halogens is 1. The molecule has 0 radical (unpaired) electrons. The van der Waals surface area contributed by atoms with Gasteiger partial charge in [-0.15, -0.1) is 0 Å². The number of benzene rings is 1. The van der Waals surface area contributed by atoms with Crippen molar-refractivity contribution in [3.8, 4) is 0 Å². The number of ether oxygens (including phenoxy) is 2. The molecule has 2 aliphatic rings. The molecular weight excluding hydrogens is 524 g/mol. The summed E-state index contributed by atoms with van der Waals surface area (Å²) in [7, 11) is 0. The van der Waals surface area contributed by atoms with Gasteiger partial charge in [0.1, 0.15) is 16.0 Å². The number of aromatic nitrogens is 1. The van der Waals surface area contributed by atoms with Crippen LogP contribution in [-0.2, 0) is 14.3 Å². The maximum atomic E-state index is 12.9. The number of amides is 1. The number of nitrogens with one attached hydrogen (secondary N) is 2. The molecule has 4 rings (SSSR count). The maximum absolute atomic E-state index is 12.9. The summed E-state index contributed by atoms with van der Waals surface area (Å²) < 4.78 is 11.8. The molecule has 2 N–H and O–H groups in total. The van der Waals surface area contributed by atoms with E-state index in [0.717, 1.165) is 42.0 Å². The van der Waals surface area contributed by atoms with E-state index in [1.54, 1.807) is 18.2 Å². The third-order valence-electron chi connectivity index (χ3n) is 5.96. The lowest BCUT2D eigenvalue weighted by Gasteiger charge is -2.28. The summed E-state index contributed by atoms with van der Waals surface area (Å²) in [4.78, 5) is 32.2. The molecule has 8 nitrogen and oxygen atoms in total. The fraction of sp³-hybridized carbons (Fsp3) is 0.444. The Morgan fingerprint density at radius 1 is 1.22 bits per heavy atom. The number of pyridine rings is 1. The molecular formula is C27H33BrN4O4. The van der Waals surface area contributed by atoms with Gasteiger partial charge in [0.05, 0.1) is 23.0 Å². The average Bonchev–Trinajstić information content (AvgIpc) is 2.78. The molecule has 1 amide bonds. The predicted octanol–water partition coefficient (Wildman–Crippen LogP) is 5.17. The second-order valence-electron chi connectivity index (χ2n) is 10.0. The number of carbonyl (C=O) groups excluding carboxylic acids is 2. The van der Waals surface area contributed by atoms with Gasteiger partial charge in [-0.25, -0.2) is 9.78 Å². The molecule has 2 aromatic rings. The Hall–Kier alpha value is -2.91. The summed E-state index contributed by atoms with van der Waals surface area (Å²) in [6.07, 6.45) is 4.34. The highest BCUT2D eigenvalue weighted by Crippen LogP contribution is 2.27. The van der Waals surface area contributed by atoms with Crippen LogP contribution in [0, 0.1) is 0 Å². The molecule has 1 atom stereocenters. The number of hydrogen-bond donors (Lipinski definition) is 2.